The number of benzene rings is 1. The highest BCUT2D eigenvalue weighted by Gasteiger charge is 2.14. The Kier molecular flexibility index (Phi) is 5.34. The van der Waals surface area contributed by atoms with Gasteiger partial charge < -0.3 is 5.32 Å². The van der Waals surface area contributed by atoms with E-state index in [9.17, 15) is 4.79 Å². The lowest BCUT2D eigenvalue weighted by molar-refractivity contribution is 0.0946. The van der Waals surface area contributed by atoms with E-state index in [1.54, 1.807) is 28.7 Å². The van der Waals surface area contributed by atoms with Gasteiger partial charge in [-0.2, -0.15) is 5.10 Å². The van der Waals surface area contributed by atoms with Crippen LogP contribution >= 0.6 is 22.7 Å². The summed E-state index contributed by atoms with van der Waals surface area (Å²) < 4.78 is 1.79. The number of nitrogens with one attached hydrogen (secondary N) is 1. The summed E-state index contributed by atoms with van der Waals surface area (Å²) in [4.78, 5) is 25.6. The number of carbonyl (C=O) groups excluding carboxylic acids is 1. The summed E-state index contributed by atoms with van der Waals surface area (Å²) in [6.07, 6.45) is 7.13. The van der Waals surface area contributed by atoms with Crippen molar-refractivity contribution >= 4 is 28.6 Å². The molecular weight excluding hydrogens is 428 g/mol. The van der Waals surface area contributed by atoms with Crippen molar-refractivity contribution in [1.29, 1.82) is 0 Å². The zero-order chi connectivity index (χ0) is 21.0. The molecule has 4 heterocycles. The molecule has 0 atom stereocenters. The normalized spacial score (nSPS) is 10.8. The van der Waals surface area contributed by atoms with Gasteiger partial charge in [0.2, 0.25) is 0 Å². The first-order valence-corrected chi connectivity index (χ1v) is 11.2. The third kappa shape index (κ3) is 4.27. The Morgan fingerprint density at radius 3 is 2.65 bits per heavy atom. The maximum Gasteiger partial charge on any atom is 0.271 e. The number of pyridine rings is 1. The van der Waals surface area contributed by atoms with Crippen LogP contribution in [0.15, 0.2) is 78.0 Å². The van der Waals surface area contributed by atoms with E-state index in [0.29, 0.717) is 12.2 Å². The minimum atomic E-state index is -0.224. The fourth-order valence-electron chi connectivity index (χ4n) is 2.96. The van der Waals surface area contributed by atoms with E-state index in [1.807, 2.05) is 54.0 Å². The van der Waals surface area contributed by atoms with Gasteiger partial charge in [0.1, 0.15) is 15.7 Å². The minimum Gasteiger partial charge on any atom is -0.344 e. The highest BCUT2D eigenvalue weighted by atomic mass is 32.1. The summed E-state index contributed by atoms with van der Waals surface area (Å²) in [5.74, 6) is -0.224. The molecule has 0 saturated heterocycles. The number of para-hydroxylation sites is 1. The smallest absolute Gasteiger partial charge is 0.271 e. The van der Waals surface area contributed by atoms with Crippen LogP contribution in [-0.4, -0.2) is 30.6 Å². The van der Waals surface area contributed by atoms with Crippen LogP contribution < -0.4 is 5.32 Å². The summed E-state index contributed by atoms with van der Waals surface area (Å²) in [7, 11) is 0. The zero-order valence-corrected chi connectivity index (χ0v) is 17.8. The first-order chi connectivity index (χ1) is 15.3. The number of nitrogens with zero attached hydrogens (tertiary/aromatic N) is 5. The molecule has 1 aromatic carbocycles. The van der Waals surface area contributed by atoms with E-state index in [1.165, 1.54) is 22.7 Å². The van der Waals surface area contributed by atoms with Gasteiger partial charge in [0, 0.05) is 40.5 Å². The quantitative estimate of drug-likeness (QED) is 0.418. The Hall–Kier alpha value is -3.69. The Balaban J connectivity index is 1.24. The number of rotatable bonds is 6. The third-order valence-corrected chi connectivity index (χ3v) is 6.26. The van der Waals surface area contributed by atoms with Gasteiger partial charge in [-0.1, -0.05) is 18.2 Å². The van der Waals surface area contributed by atoms with Crippen molar-refractivity contribution in [2.24, 2.45) is 0 Å². The van der Waals surface area contributed by atoms with Gasteiger partial charge >= 0.3 is 0 Å². The van der Waals surface area contributed by atoms with Gasteiger partial charge in [-0.3, -0.25) is 9.78 Å². The third-order valence-electron chi connectivity index (χ3n) is 4.52. The van der Waals surface area contributed by atoms with Crippen LogP contribution in [0.2, 0.25) is 0 Å². The fourth-order valence-corrected chi connectivity index (χ4v) is 4.48. The van der Waals surface area contributed by atoms with Gasteiger partial charge in [-0.25, -0.2) is 14.6 Å². The number of thiazole rings is 2. The first-order valence-electron chi connectivity index (χ1n) is 9.45. The number of amides is 1. The first kappa shape index (κ1) is 19.3. The molecule has 0 bridgehead atoms. The van der Waals surface area contributed by atoms with Gasteiger partial charge in [-0.15, -0.1) is 22.7 Å². The topological polar surface area (TPSA) is 85.6 Å². The van der Waals surface area contributed by atoms with Crippen molar-refractivity contribution in [2.45, 2.75) is 6.54 Å². The molecule has 1 amide bonds. The molecule has 5 aromatic rings. The molecule has 9 heteroatoms. The molecule has 0 aliphatic rings. The van der Waals surface area contributed by atoms with Crippen molar-refractivity contribution in [1.82, 2.24) is 30.0 Å². The summed E-state index contributed by atoms with van der Waals surface area (Å²) in [6, 6.07) is 13.7. The molecule has 0 saturated carbocycles. The van der Waals surface area contributed by atoms with Crippen molar-refractivity contribution < 1.29 is 4.79 Å². The molecule has 152 valence electrons. The van der Waals surface area contributed by atoms with E-state index in [-0.39, 0.29) is 5.91 Å². The van der Waals surface area contributed by atoms with Crippen molar-refractivity contribution in [3.8, 4) is 27.5 Å². The van der Waals surface area contributed by atoms with E-state index in [2.05, 4.69) is 25.4 Å². The Morgan fingerprint density at radius 2 is 1.81 bits per heavy atom. The average Bonchev–Trinajstić information content (AvgIpc) is 3.59. The predicted molar refractivity (Wildman–Crippen MR) is 121 cm³/mol. The molecule has 0 fully saturated rings. The monoisotopic (exact) mass is 444 g/mol. The molecule has 0 spiro atoms. The van der Waals surface area contributed by atoms with Crippen molar-refractivity contribution in [3.05, 3.63) is 88.7 Å². The standard InChI is InChI=1S/C22H16N6OS2/c29-21(24-11-20-26-18(13-30-20)15-6-8-23-9-7-15)19-14-31-22(27-19)16-10-25-28(12-16)17-4-2-1-3-5-17/h1-10,12-14H,11H2,(H,24,29). The second-order valence-electron chi connectivity index (χ2n) is 6.59. The zero-order valence-electron chi connectivity index (χ0n) is 16.2. The van der Waals surface area contributed by atoms with E-state index in [0.717, 1.165) is 32.5 Å². The number of carbonyl (C=O) groups is 1. The summed E-state index contributed by atoms with van der Waals surface area (Å²) >= 11 is 2.93. The van der Waals surface area contributed by atoms with Crippen LogP contribution in [0, 0.1) is 0 Å². The lowest BCUT2D eigenvalue weighted by Crippen LogP contribution is -2.23. The lowest BCUT2D eigenvalue weighted by Gasteiger charge is -2.00. The van der Waals surface area contributed by atoms with E-state index in [4.69, 9.17) is 0 Å². The molecule has 4 aromatic heterocycles. The molecule has 0 aliphatic carbocycles. The summed E-state index contributed by atoms with van der Waals surface area (Å²) in [6.45, 7) is 0.355. The Bertz CT molecular complexity index is 1310. The maximum absolute atomic E-state index is 12.5. The molecule has 5 rings (SSSR count). The van der Waals surface area contributed by atoms with Gasteiger partial charge in [0.15, 0.2) is 0 Å². The van der Waals surface area contributed by atoms with Crippen molar-refractivity contribution in [3.63, 3.8) is 0 Å². The van der Waals surface area contributed by atoms with Crippen LogP contribution in [-0.2, 0) is 6.54 Å². The fraction of sp³-hybridized carbons (Fsp3) is 0.0455. The van der Waals surface area contributed by atoms with Crippen molar-refractivity contribution in [2.75, 3.05) is 0 Å². The second kappa shape index (κ2) is 8.58. The Morgan fingerprint density at radius 1 is 0.968 bits per heavy atom. The number of aromatic nitrogens is 5. The lowest BCUT2D eigenvalue weighted by atomic mass is 10.2. The molecule has 0 aliphatic heterocycles. The largest absolute Gasteiger partial charge is 0.344 e. The maximum atomic E-state index is 12.5. The molecule has 1 N–H and O–H groups in total. The highest BCUT2D eigenvalue weighted by molar-refractivity contribution is 7.13. The average molecular weight is 445 g/mol. The molecule has 0 unspecified atom stereocenters. The van der Waals surface area contributed by atoms with Gasteiger partial charge in [0.05, 0.1) is 24.1 Å². The van der Waals surface area contributed by atoms with E-state index < -0.39 is 0 Å². The van der Waals surface area contributed by atoms with Crippen LogP contribution in [0.4, 0.5) is 0 Å². The summed E-state index contributed by atoms with van der Waals surface area (Å²) in [5, 5.41) is 12.6. The molecular formula is C22H16N6OS2. The highest BCUT2D eigenvalue weighted by Crippen LogP contribution is 2.25. The SMILES string of the molecule is O=C(NCc1nc(-c2ccncc2)cs1)c1csc(-c2cnn(-c3ccccc3)c2)n1. The van der Waals surface area contributed by atoms with Gasteiger partial charge in [0.25, 0.3) is 5.91 Å². The van der Waals surface area contributed by atoms with Crippen LogP contribution in [0.25, 0.3) is 27.5 Å². The Labute approximate surface area is 186 Å². The van der Waals surface area contributed by atoms with Crippen LogP contribution in [0.5, 0.6) is 0 Å². The second-order valence-corrected chi connectivity index (χ2v) is 8.39. The minimum absolute atomic E-state index is 0.224. The number of hydrogen-bond donors (Lipinski definition) is 1. The molecule has 31 heavy (non-hydrogen) atoms. The number of hydrogen-bond acceptors (Lipinski definition) is 7. The molecule has 7 nitrogen and oxygen atoms in total. The molecule has 0 radical (unpaired) electrons. The van der Waals surface area contributed by atoms with Gasteiger partial charge in [-0.05, 0) is 24.3 Å². The summed E-state index contributed by atoms with van der Waals surface area (Å²) in [5.41, 5.74) is 4.11. The predicted octanol–water partition coefficient (Wildman–Crippen LogP) is 4.44. The van der Waals surface area contributed by atoms with E-state index >= 15 is 0 Å². The van der Waals surface area contributed by atoms with Crippen LogP contribution in [0.1, 0.15) is 15.5 Å². The van der Waals surface area contributed by atoms with Crippen LogP contribution in [0.3, 0.4) is 0 Å².